The highest BCUT2D eigenvalue weighted by Gasteiger charge is 2.43. The van der Waals surface area contributed by atoms with Crippen LogP contribution in [0.4, 0.5) is 27.6 Å². The molecule has 37 heavy (non-hydrogen) atoms. The van der Waals surface area contributed by atoms with Gasteiger partial charge in [-0.3, -0.25) is 19.5 Å². The maximum atomic E-state index is 14.2. The Morgan fingerprint density at radius 1 is 0.973 bits per heavy atom. The fourth-order valence-electron chi connectivity index (χ4n) is 3.60. The van der Waals surface area contributed by atoms with Crippen LogP contribution in [0.3, 0.4) is 0 Å². The van der Waals surface area contributed by atoms with Crippen molar-refractivity contribution in [1.29, 1.82) is 0 Å². The molecule has 0 aliphatic carbocycles. The second-order valence-corrected chi connectivity index (χ2v) is 9.60. The summed E-state index contributed by atoms with van der Waals surface area (Å²) in [5.74, 6) is -3.95. The van der Waals surface area contributed by atoms with E-state index in [1.807, 2.05) is 0 Å². The molecule has 1 heterocycles. The highest BCUT2D eigenvalue weighted by molar-refractivity contribution is 7.93. The summed E-state index contributed by atoms with van der Waals surface area (Å²) in [6, 6.07) is 6.62. The molecule has 190 valence electrons. The zero-order valence-corrected chi connectivity index (χ0v) is 19.7. The quantitative estimate of drug-likeness (QED) is 0.293. The molecule has 1 aromatic heterocycles. The van der Waals surface area contributed by atoms with E-state index < -0.39 is 50.9 Å². The van der Waals surface area contributed by atoms with Crippen molar-refractivity contribution in [1.82, 2.24) is 15.3 Å². The van der Waals surface area contributed by atoms with E-state index in [0.29, 0.717) is 17.6 Å². The number of fused-ring (bicyclic) bond motifs is 1. The van der Waals surface area contributed by atoms with Gasteiger partial charge in [0, 0.05) is 24.0 Å². The molecule has 4 rings (SSSR count). The number of hydrogen-bond donors (Lipinski definition) is 2. The SMILES string of the molecule is Bc1ccc(C(=O)N[C@@H](c2ccc(F)cc2F)C(F)(F)F)c(NS(=O)(=O)c2cccc3nccnc23)c1. The van der Waals surface area contributed by atoms with E-state index in [2.05, 4.69) is 14.7 Å². The average molecular weight is 534 g/mol. The van der Waals surface area contributed by atoms with Crippen molar-refractivity contribution in [2.45, 2.75) is 17.1 Å². The Morgan fingerprint density at radius 3 is 2.41 bits per heavy atom. The molecule has 0 saturated carbocycles. The minimum absolute atomic E-state index is 0.0417. The van der Waals surface area contributed by atoms with E-state index in [4.69, 9.17) is 0 Å². The molecule has 0 radical (unpaired) electrons. The zero-order valence-electron chi connectivity index (χ0n) is 18.8. The Labute approximate surface area is 208 Å². The molecule has 7 nitrogen and oxygen atoms in total. The van der Waals surface area contributed by atoms with Gasteiger partial charge < -0.3 is 5.32 Å². The van der Waals surface area contributed by atoms with Crippen LogP contribution in [0.15, 0.2) is 71.9 Å². The van der Waals surface area contributed by atoms with Crippen molar-refractivity contribution < 1.29 is 35.2 Å². The van der Waals surface area contributed by atoms with Crippen LogP contribution >= 0.6 is 0 Å². The predicted octanol–water partition coefficient (Wildman–Crippen LogP) is 3.00. The predicted molar refractivity (Wildman–Crippen MR) is 128 cm³/mol. The van der Waals surface area contributed by atoms with Crippen molar-refractivity contribution in [3.8, 4) is 0 Å². The number of rotatable bonds is 6. The van der Waals surface area contributed by atoms with E-state index in [-0.39, 0.29) is 27.7 Å². The molecule has 14 heteroatoms. The third kappa shape index (κ3) is 5.53. The molecule has 1 amide bonds. The standard InChI is InChI=1S/C23H16BF5N4O3S/c24-12-4-6-15(22(34)32-21(23(27,28)29)14-7-5-13(25)11-16(14)26)18(10-12)33-37(35,36)19-3-1-2-17-20(19)31-9-8-30-17/h1-11,21,33H,24H2,(H,32,34)/t21-/m0/s1. The maximum absolute atomic E-state index is 14.2. The largest absolute Gasteiger partial charge is 0.412 e. The Morgan fingerprint density at radius 2 is 1.70 bits per heavy atom. The van der Waals surface area contributed by atoms with Crippen molar-refractivity contribution in [3.05, 3.63) is 89.8 Å². The van der Waals surface area contributed by atoms with Gasteiger partial charge in [-0.05, 0) is 30.3 Å². The lowest BCUT2D eigenvalue weighted by molar-refractivity contribution is -0.155. The lowest BCUT2D eigenvalue weighted by Gasteiger charge is -2.23. The lowest BCUT2D eigenvalue weighted by atomic mass is 9.94. The normalized spacial score (nSPS) is 12.8. The van der Waals surface area contributed by atoms with Crippen molar-refractivity contribution in [3.63, 3.8) is 0 Å². The molecule has 0 aliphatic rings. The van der Waals surface area contributed by atoms with Gasteiger partial charge in [0.15, 0.2) is 6.04 Å². The van der Waals surface area contributed by atoms with E-state index in [1.165, 1.54) is 36.7 Å². The van der Waals surface area contributed by atoms with Gasteiger partial charge in [-0.25, -0.2) is 17.2 Å². The topological polar surface area (TPSA) is 101 Å². The summed E-state index contributed by atoms with van der Waals surface area (Å²) in [6.07, 6.45) is -2.49. The van der Waals surface area contributed by atoms with Crippen molar-refractivity contribution in [2.75, 3.05) is 4.72 Å². The number of benzene rings is 3. The fraction of sp³-hybridized carbons (Fsp3) is 0.0870. The summed E-state index contributed by atoms with van der Waals surface area (Å²) in [4.78, 5) is 20.8. The zero-order chi connectivity index (χ0) is 27.0. The van der Waals surface area contributed by atoms with Crippen molar-refractivity contribution in [2.24, 2.45) is 0 Å². The van der Waals surface area contributed by atoms with E-state index in [0.717, 1.165) is 6.07 Å². The summed E-state index contributed by atoms with van der Waals surface area (Å²) < 4.78 is 97.3. The second kappa shape index (κ2) is 9.77. The Kier molecular flexibility index (Phi) is 6.87. The van der Waals surface area contributed by atoms with Gasteiger partial charge in [0.1, 0.15) is 29.9 Å². The Bertz CT molecular complexity index is 1610. The number of aromatic nitrogens is 2. The summed E-state index contributed by atoms with van der Waals surface area (Å²) in [6.45, 7) is 0. The van der Waals surface area contributed by atoms with E-state index >= 15 is 0 Å². The van der Waals surface area contributed by atoms with Crippen LogP contribution in [0.25, 0.3) is 11.0 Å². The van der Waals surface area contributed by atoms with Crippen LogP contribution in [0.1, 0.15) is 22.0 Å². The first-order valence-electron chi connectivity index (χ1n) is 10.5. The number of carbonyl (C=O) groups is 1. The molecule has 3 aromatic carbocycles. The maximum Gasteiger partial charge on any atom is 0.412 e. The second-order valence-electron chi connectivity index (χ2n) is 7.95. The van der Waals surface area contributed by atoms with Crippen LogP contribution in [-0.4, -0.2) is 38.3 Å². The Hall–Kier alpha value is -4.07. The number of nitrogens with zero attached hydrogens (tertiary/aromatic N) is 2. The third-order valence-electron chi connectivity index (χ3n) is 5.29. The first kappa shape index (κ1) is 26.0. The van der Waals surface area contributed by atoms with Gasteiger partial charge in [0.2, 0.25) is 0 Å². The first-order valence-corrected chi connectivity index (χ1v) is 12.0. The number of carbonyl (C=O) groups excluding carboxylic acids is 1. The van der Waals surface area contributed by atoms with Crippen LogP contribution in [0, 0.1) is 11.6 Å². The molecule has 0 aliphatic heterocycles. The molecule has 1 atom stereocenters. The highest BCUT2D eigenvalue weighted by atomic mass is 32.2. The van der Waals surface area contributed by atoms with Gasteiger partial charge in [-0.15, -0.1) is 0 Å². The number of hydrogen-bond acceptors (Lipinski definition) is 5. The molecule has 0 spiro atoms. The number of nitrogens with one attached hydrogen (secondary N) is 2. The van der Waals surface area contributed by atoms with Crippen LogP contribution in [0.2, 0.25) is 0 Å². The number of alkyl halides is 3. The first-order chi connectivity index (χ1) is 17.4. The van der Waals surface area contributed by atoms with Crippen LogP contribution < -0.4 is 15.5 Å². The highest BCUT2D eigenvalue weighted by Crippen LogP contribution is 2.35. The number of sulfonamides is 1. The number of anilines is 1. The van der Waals surface area contributed by atoms with E-state index in [1.54, 1.807) is 19.2 Å². The molecular formula is C23H16BF5N4O3S. The number of amides is 1. The number of halogens is 5. The summed E-state index contributed by atoms with van der Waals surface area (Å²) in [5, 5.41) is 1.68. The van der Waals surface area contributed by atoms with Crippen LogP contribution in [-0.2, 0) is 10.0 Å². The van der Waals surface area contributed by atoms with Gasteiger partial charge in [0.25, 0.3) is 15.9 Å². The summed E-state index contributed by atoms with van der Waals surface area (Å²) in [7, 11) is -2.81. The van der Waals surface area contributed by atoms with E-state index in [9.17, 15) is 35.2 Å². The molecule has 0 unspecified atom stereocenters. The monoisotopic (exact) mass is 534 g/mol. The summed E-state index contributed by atoms with van der Waals surface area (Å²) >= 11 is 0. The molecule has 0 fully saturated rings. The van der Waals surface area contributed by atoms with Gasteiger partial charge >= 0.3 is 6.18 Å². The smallest absolute Gasteiger partial charge is 0.337 e. The third-order valence-corrected chi connectivity index (χ3v) is 6.69. The minimum atomic E-state index is -5.15. The van der Waals surface area contributed by atoms with Crippen molar-refractivity contribution >= 4 is 46.0 Å². The van der Waals surface area contributed by atoms with Crippen LogP contribution in [0.5, 0.6) is 0 Å². The molecule has 0 bridgehead atoms. The lowest BCUT2D eigenvalue weighted by Crippen LogP contribution is -2.39. The minimum Gasteiger partial charge on any atom is -0.337 e. The average Bonchev–Trinajstić information content (AvgIpc) is 2.81. The van der Waals surface area contributed by atoms with Gasteiger partial charge in [-0.2, -0.15) is 13.2 Å². The van der Waals surface area contributed by atoms with Gasteiger partial charge in [0.05, 0.1) is 16.8 Å². The fourth-order valence-corrected chi connectivity index (χ4v) is 4.84. The summed E-state index contributed by atoms with van der Waals surface area (Å²) in [5.41, 5.74) is -0.979. The Balaban J connectivity index is 1.72. The molecule has 0 saturated heterocycles. The molecule has 2 N–H and O–H groups in total. The number of para-hydroxylation sites is 1. The molecular weight excluding hydrogens is 518 g/mol. The molecule has 4 aromatic rings. The van der Waals surface area contributed by atoms with Gasteiger partial charge in [-0.1, -0.05) is 23.7 Å².